The number of carbonyl (C=O) groups is 1. The second-order valence-electron chi connectivity index (χ2n) is 4.47. The zero-order chi connectivity index (χ0) is 11.9. The minimum absolute atomic E-state index is 0.0279. The zero-order valence-electron chi connectivity index (χ0n) is 8.96. The van der Waals surface area contributed by atoms with Crippen LogP contribution in [-0.2, 0) is 10.2 Å². The lowest BCUT2D eigenvalue weighted by molar-refractivity contribution is -0.137. The number of hydrogen-bond donors (Lipinski definition) is 2. The first kappa shape index (κ1) is 10.9. The van der Waals surface area contributed by atoms with Gasteiger partial charge in [-0.05, 0) is 37.5 Å². The maximum absolute atomic E-state index is 13.2. The van der Waals surface area contributed by atoms with Crippen molar-refractivity contribution in [1.82, 2.24) is 0 Å². The Balaban J connectivity index is 2.44. The molecule has 0 amide bonds. The van der Waals surface area contributed by atoms with Crippen molar-refractivity contribution >= 4 is 5.97 Å². The molecule has 0 radical (unpaired) electrons. The molecule has 1 aromatic rings. The summed E-state index contributed by atoms with van der Waals surface area (Å²) in [4.78, 5) is 10.7. The third-order valence-corrected chi connectivity index (χ3v) is 3.18. The average molecular weight is 224 g/mol. The van der Waals surface area contributed by atoms with Crippen LogP contribution in [0.1, 0.15) is 30.4 Å². The van der Waals surface area contributed by atoms with E-state index in [2.05, 4.69) is 0 Å². The molecule has 0 aliphatic heterocycles. The van der Waals surface area contributed by atoms with Gasteiger partial charge in [-0.15, -0.1) is 0 Å². The van der Waals surface area contributed by atoms with Crippen LogP contribution in [0.2, 0.25) is 0 Å². The predicted molar refractivity (Wildman–Crippen MR) is 56.0 cm³/mol. The molecule has 16 heavy (non-hydrogen) atoms. The van der Waals surface area contributed by atoms with Crippen LogP contribution in [-0.4, -0.2) is 16.2 Å². The molecule has 0 aromatic heterocycles. The highest BCUT2D eigenvalue weighted by Gasteiger charge is 2.48. The Hall–Kier alpha value is -1.58. The molecule has 2 rings (SSSR count). The summed E-state index contributed by atoms with van der Waals surface area (Å²) in [7, 11) is 0. The van der Waals surface area contributed by atoms with Crippen molar-refractivity contribution in [1.29, 1.82) is 0 Å². The van der Waals surface area contributed by atoms with Crippen molar-refractivity contribution in [2.24, 2.45) is 0 Å². The average Bonchev–Trinajstić information content (AvgIpc) is 2.91. The molecule has 4 heteroatoms. The van der Waals surface area contributed by atoms with E-state index in [1.807, 2.05) is 0 Å². The van der Waals surface area contributed by atoms with E-state index in [0.29, 0.717) is 24.0 Å². The van der Waals surface area contributed by atoms with Crippen LogP contribution in [0.5, 0.6) is 5.75 Å². The first-order valence-electron chi connectivity index (χ1n) is 5.16. The van der Waals surface area contributed by atoms with E-state index in [0.717, 1.165) is 0 Å². The number of benzene rings is 1. The lowest BCUT2D eigenvalue weighted by Crippen LogP contribution is -2.13. The third-order valence-electron chi connectivity index (χ3n) is 3.18. The molecule has 0 bridgehead atoms. The lowest BCUT2D eigenvalue weighted by atomic mass is 9.90. The van der Waals surface area contributed by atoms with Crippen LogP contribution in [0, 0.1) is 12.7 Å². The summed E-state index contributed by atoms with van der Waals surface area (Å²) in [6.45, 7) is 1.61. The third kappa shape index (κ3) is 1.75. The highest BCUT2D eigenvalue weighted by atomic mass is 19.1. The Morgan fingerprint density at radius 2 is 2.12 bits per heavy atom. The molecule has 0 heterocycles. The van der Waals surface area contributed by atoms with Crippen LogP contribution in [0.3, 0.4) is 0 Å². The molecule has 1 saturated carbocycles. The number of carboxylic acids is 1. The Morgan fingerprint density at radius 1 is 1.50 bits per heavy atom. The standard InChI is InChI=1S/C12H13FO3/c1-7-4-8(13)5-9(11(7)16)12(2-3-12)6-10(14)15/h4-5,16H,2-3,6H2,1H3,(H,14,15). The van der Waals surface area contributed by atoms with Gasteiger partial charge in [-0.1, -0.05) is 0 Å². The molecule has 1 fully saturated rings. The second-order valence-corrected chi connectivity index (χ2v) is 4.47. The maximum Gasteiger partial charge on any atom is 0.304 e. The van der Waals surface area contributed by atoms with Crippen molar-refractivity contribution in [3.63, 3.8) is 0 Å². The van der Waals surface area contributed by atoms with E-state index >= 15 is 0 Å². The van der Waals surface area contributed by atoms with Gasteiger partial charge in [0.2, 0.25) is 0 Å². The Kier molecular flexibility index (Phi) is 2.37. The van der Waals surface area contributed by atoms with Crippen LogP contribution in [0.15, 0.2) is 12.1 Å². The van der Waals surface area contributed by atoms with Gasteiger partial charge in [-0.25, -0.2) is 4.39 Å². The first-order valence-corrected chi connectivity index (χ1v) is 5.16. The summed E-state index contributed by atoms with van der Waals surface area (Å²) >= 11 is 0. The fraction of sp³-hybridized carbons (Fsp3) is 0.417. The van der Waals surface area contributed by atoms with Crippen molar-refractivity contribution in [2.45, 2.75) is 31.6 Å². The van der Waals surface area contributed by atoms with E-state index in [1.54, 1.807) is 6.92 Å². The van der Waals surface area contributed by atoms with Gasteiger partial charge in [-0.2, -0.15) is 0 Å². The van der Waals surface area contributed by atoms with E-state index in [1.165, 1.54) is 12.1 Å². The van der Waals surface area contributed by atoms with Crippen LogP contribution in [0.4, 0.5) is 4.39 Å². The lowest BCUT2D eigenvalue weighted by Gasteiger charge is -2.16. The van der Waals surface area contributed by atoms with Gasteiger partial charge >= 0.3 is 5.97 Å². The number of rotatable bonds is 3. The predicted octanol–water partition coefficient (Wildman–Crippen LogP) is 2.35. The Labute approximate surface area is 92.5 Å². The van der Waals surface area contributed by atoms with Gasteiger partial charge in [0, 0.05) is 11.0 Å². The van der Waals surface area contributed by atoms with Crippen LogP contribution >= 0.6 is 0 Å². The number of halogens is 1. The van der Waals surface area contributed by atoms with Gasteiger partial charge < -0.3 is 10.2 Å². The highest BCUT2D eigenvalue weighted by molar-refractivity contribution is 5.70. The van der Waals surface area contributed by atoms with Crippen molar-refractivity contribution in [2.75, 3.05) is 0 Å². The Morgan fingerprint density at radius 3 is 2.62 bits per heavy atom. The molecule has 3 nitrogen and oxygen atoms in total. The summed E-state index contributed by atoms with van der Waals surface area (Å²) < 4.78 is 13.2. The SMILES string of the molecule is Cc1cc(F)cc(C2(CC(=O)O)CC2)c1O. The van der Waals surface area contributed by atoms with Crippen LogP contribution < -0.4 is 0 Å². The number of carboxylic acid groups (broad SMARTS) is 1. The largest absolute Gasteiger partial charge is 0.507 e. The van der Waals surface area contributed by atoms with Crippen molar-refractivity contribution < 1.29 is 19.4 Å². The highest BCUT2D eigenvalue weighted by Crippen LogP contribution is 2.54. The molecule has 0 saturated heterocycles. The molecular formula is C12H13FO3. The first-order chi connectivity index (χ1) is 7.44. The number of phenolic OH excluding ortho intramolecular Hbond substituents is 1. The second kappa shape index (κ2) is 3.47. The van der Waals surface area contributed by atoms with Gasteiger partial charge in [0.1, 0.15) is 11.6 Å². The maximum atomic E-state index is 13.2. The zero-order valence-corrected chi connectivity index (χ0v) is 8.96. The number of aryl methyl sites for hydroxylation is 1. The molecule has 1 aromatic carbocycles. The number of aromatic hydroxyl groups is 1. The van der Waals surface area contributed by atoms with Crippen LogP contribution in [0.25, 0.3) is 0 Å². The molecule has 0 spiro atoms. The molecular weight excluding hydrogens is 211 g/mol. The molecule has 2 N–H and O–H groups in total. The Bertz CT molecular complexity index is 450. The molecule has 1 aliphatic carbocycles. The molecule has 1 aliphatic rings. The fourth-order valence-electron chi connectivity index (χ4n) is 2.12. The van der Waals surface area contributed by atoms with Gasteiger partial charge in [0.15, 0.2) is 0 Å². The summed E-state index contributed by atoms with van der Waals surface area (Å²) in [5, 5.41) is 18.7. The normalized spacial score (nSPS) is 17.1. The van der Waals surface area contributed by atoms with Gasteiger partial charge in [0.05, 0.1) is 6.42 Å². The quantitative estimate of drug-likeness (QED) is 0.828. The summed E-state index contributed by atoms with van der Waals surface area (Å²) in [6, 6.07) is 2.49. The smallest absolute Gasteiger partial charge is 0.304 e. The monoisotopic (exact) mass is 224 g/mol. The molecule has 0 atom stereocenters. The van der Waals surface area contributed by atoms with Crippen molar-refractivity contribution in [3.8, 4) is 5.75 Å². The summed E-state index contributed by atoms with van der Waals surface area (Å²) in [6.07, 6.45) is 1.33. The van der Waals surface area contributed by atoms with E-state index in [4.69, 9.17) is 5.11 Å². The number of phenols is 1. The summed E-state index contributed by atoms with van der Waals surface area (Å²) in [5.74, 6) is -1.32. The molecule has 86 valence electrons. The summed E-state index contributed by atoms with van der Waals surface area (Å²) in [5.41, 5.74) is 0.335. The molecule has 0 unspecified atom stereocenters. The van der Waals surface area contributed by atoms with Gasteiger partial charge in [-0.3, -0.25) is 4.79 Å². The minimum atomic E-state index is -0.918. The fourth-order valence-corrected chi connectivity index (χ4v) is 2.12. The van der Waals surface area contributed by atoms with E-state index in [-0.39, 0.29) is 12.2 Å². The minimum Gasteiger partial charge on any atom is -0.507 e. The van der Waals surface area contributed by atoms with Crippen molar-refractivity contribution in [3.05, 3.63) is 29.1 Å². The number of aliphatic carboxylic acids is 1. The topological polar surface area (TPSA) is 57.5 Å². The van der Waals surface area contributed by atoms with E-state index < -0.39 is 17.2 Å². The van der Waals surface area contributed by atoms with E-state index in [9.17, 15) is 14.3 Å². The van der Waals surface area contributed by atoms with Gasteiger partial charge in [0.25, 0.3) is 0 Å². The number of hydrogen-bond acceptors (Lipinski definition) is 2.